The zero-order valence-electron chi connectivity index (χ0n) is 14.7. The van der Waals surface area contributed by atoms with E-state index in [1.54, 1.807) is 31.4 Å². The second-order valence-electron chi connectivity index (χ2n) is 6.08. The topological polar surface area (TPSA) is 94.5 Å². The third-order valence-electron chi connectivity index (χ3n) is 4.27. The van der Waals surface area contributed by atoms with Crippen molar-refractivity contribution in [2.24, 2.45) is 10.7 Å². The Morgan fingerprint density at radius 3 is 2.72 bits per heavy atom. The number of nitrogens with two attached hydrogens (primary N) is 1. The Hall–Kier alpha value is -2.83. The minimum absolute atomic E-state index is 0.00953. The van der Waals surface area contributed by atoms with E-state index in [1.165, 1.54) is 0 Å². The van der Waals surface area contributed by atoms with E-state index in [4.69, 9.17) is 10.5 Å². The number of ether oxygens (including phenoxy) is 1. The maximum atomic E-state index is 12.7. The predicted molar refractivity (Wildman–Crippen MR) is 96.6 cm³/mol. The van der Waals surface area contributed by atoms with Crippen LogP contribution in [-0.4, -0.2) is 28.5 Å². The van der Waals surface area contributed by atoms with Crippen molar-refractivity contribution in [3.05, 3.63) is 47.0 Å². The smallest absolute Gasteiger partial charge is 0.208 e. The molecular weight excluding hydrogens is 318 g/mol. The highest BCUT2D eigenvalue weighted by Crippen LogP contribution is 2.29. The molecule has 25 heavy (non-hydrogen) atoms. The highest BCUT2D eigenvalue weighted by atomic mass is 16.5. The van der Waals surface area contributed by atoms with E-state index in [1.807, 2.05) is 11.6 Å². The third kappa shape index (κ3) is 3.35. The highest BCUT2D eigenvalue weighted by Gasteiger charge is 2.28. The summed E-state index contributed by atoms with van der Waals surface area (Å²) in [5, 5.41) is 0. The van der Waals surface area contributed by atoms with Gasteiger partial charge in [-0.2, -0.15) is 0 Å². The van der Waals surface area contributed by atoms with Gasteiger partial charge in [-0.1, -0.05) is 6.92 Å². The van der Waals surface area contributed by atoms with Gasteiger partial charge in [0.15, 0.2) is 5.78 Å². The first-order valence-corrected chi connectivity index (χ1v) is 8.39. The normalized spacial score (nSPS) is 16.0. The van der Waals surface area contributed by atoms with E-state index in [0.717, 1.165) is 35.8 Å². The first kappa shape index (κ1) is 17.0. The molecule has 1 aromatic carbocycles. The van der Waals surface area contributed by atoms with Gasteiger partial charge in [0.1, 0.15) is 17.6 Å². The van der Waals surface area contributed by atoms with E-state index >= 15 is 0 Å². The molecule has 0 amide bonds. The van der Waals surface area contributed by atoms with Crippen LogP contribution in [0.25, 0.3) is 0 Å². The van der Waals surface area contributed by atoms with Gasteiger partial charge in [-0.25, -0.2) is 14.7 Å². The lowest BCUT2D eigenvalue weighted by molar-refractivity contribution is 0.0973. The van der Waals surface area contributed by atoms with Crippen LogP contribution in [0.15, 0.2) is 29.3 Å². The molecule has 1 aliphatic rings. The van der Waals surface area contributed by atoms with Crippen molar-refractivity contribution in [1.29, 1.82) is 0 Å². The van der Waals surface area contributed by atoms with Gasteiger partial charge >= 0.3 is 0 Å². The number of aromatic nitrogens is 2. The molecule has 2 heterocycles. The van der Waals surface area contributed by atoms with Crippen LogP contribution in [0.5, 0.6) is 5.75 Å². The Labute approximate surface area is 146 Å². The number of methoxy groups -OCH3 is 1. The van der Waals surface area contributed by atoms with E-state index in [-0.39, 0.29) is 18.2 Å². The molecule has 0 saturated heterocycles. The summed E-state index contributed by atoms with van der Waals surface area (Å²) < 4.78 is 7.01. The van der Waals surface area contributed by atoms with E-state index in [0.29, 0.717) is 11.5 Å². The number of nitrogens with zero attached hydrogens (tertiary/aromatic N) is 3. The summed E-state index contributed by atoms with van der Waals surface area (Å²) in [5.74, 6) is 1.94. The number of nitrogens with one attached hydrogen (secondary N) is 1. The number of benzene rings is 1. The molecule has 1 atom stereocenters. The van der Waals surface area contributed by atoms with Crippen molar-refractivity contribution in [3.8, 4) is 5.75 Å². The van der Waals surface area contributed by atoms with Crippen LogP contribution in [0.2, 0.25) is 0 Å². The molecule has 1 aromatic heterocycles. The number of carbonyl (C=O) groups excluding carboxylic acids is 1. The minimum Gasteiger partial charge on any atom is -0.497 e. The largest absolute Gasteiger partial charge is 0.497 e. The number of fused-ring (bicyclic) bond motifs is 1. The lowest BCUT2D eigenvalue weighted by Crippen LogP contribution is -2.37. The maximum Gasteiger partial charge on any atom is 0.208 e. The van der Waals surface area contributed by atoms with Crippen molar-refractivity contribution in [2.75, 3.05) is 12.5 Å². The first-order valence-electron chi connectivity index (χ1n) is 8.39. The summed E-state index contributed by atoms with van der Waals surface area (Å²) in [6.07, 6.45) is 2.05. The van der Waals surface area contributed by atoms with Crippen LogP contribution < -0.4 is 15.9 Å². The quantitative estimate of drug-likeness (QED) is 0.787. The molecule has 132 valence electrons. The van der Waals surface area contributed by atoms with Crippen molar-refractivity contribution < 1.29 is 9.53 Å². The Kier molecular flexibility index (Phi) is 4.74. The molecule has 0 spiro atoms. The van der Waals surface area contributed by atoms with Gasteiger partial charge in [-0.05, 0) is 37.6 Å². The van der Waals surface area contributed by atoms with Crippen LogP contribution in [0.4, 0.5) is 0 Å². The third-order valence-corrected chi connectivity index (χ3v) is 4.27. The molecule has 2 aromatic rings. The summed E-state index contributed by atoms with van der Waals surface area (Å²) in [6.45, 7) is 4.04. The van der Waals surface area contributed by atoms with Gasteiger partial charge in [0, 0.05) is 18.4 Å². The lowest BCUT2D eigenvalue weighted by Gasteiger charge is -2.24. The zero-order valence-corrected chi connectivity index (χ0v) is 14.7. The van der Waals surface area contributed by atoms with Crippen LogP contribution >= 0.6 is 0 Å². The number of aliphatic imine (C=N–C) groups is 1. The number of hydrogen-bond donors (Lipinski definition) is 2. The fraction of sp³-hybridized carbons (Fsp3) is 0.389. The van der Waals surface area contributed by atoms with Crippen molar-refractivity contribution in [2.45, 2.75) is 39.2 Å². The average molecular weight is 341 g/mol. The Morgan fingerprint density at radius 2 is 2.08 bits per heavy atom. The monoisotopic (exact) mass is 341 g/mol. The van der Waals surface area contributed by atoms with Crippen LogP contribution in [0.3, 0.4) is 0 Å². The summed E-state index contributed by atoms with van der Waals surface area (Å²) in [4.78, 5) is 21.7. The number of ketones is 1. The molecule has 0 fully saturated rings. The Balaban J connectivity index is 1.87. The summed E-state index contributed by atoms with van der Waals surface area (Å²) in [5.41, 5.74) is 11.4. The minimum atomic E-state index is -0.339. The van der Waals surface area contributed by atoms with Crippen LogP contribution in [-0.2, 0) is 6.42 Å². The van der Waals surface area contributed by atoms with E-state index in [2.05, 4.69) is 22.3 Å². The highest BCUT2D eigenvalue weighted by molar-refractivity contribution is 5.97. The van der Waals surface area contributed by atoms with Crippen molar-refractivity contribution >= 4 is 11.7 Å². The number of imidazole rings is 1. The maximum absolute atomic E-state index is 12.7. The lowest BCUT2D eigenvalue weighted by atomic mass is 10.0. The summed E-state index contributed by atoms with van der Waals surface area (Å²) >= 11 is 0. The fourth-order valence-corrected chi connectivity index (χ4v) is 3.09. The number of hydrogen-bond acceptors (Lipinski definition) is 6. The summed E-state index contributed by atoms with van der Waals surface area (Å²) in [7, 11) is 1.60. The molecule has 1 unspecified atom stereocenters. The number of rotatable bonds is 6. The molecule has 0 saturated carbocycles. The first-order chi connectivity index (χ1) is 12.0. The molecule has 3 N–H and O–H groups in total. The van der Waals surface area contributed by atoms with Crippen molar-refractivity contribution in [3.63, 3.8) is 0 Å². The average Bonchev–Trinajstić information content (AvgIpc) is 2.91. The fourth-order valence-electron chi connectivity index (χ4n) is 3.09. The van der Waals surface area contributed by atoms with E-state index < -0.39 is 0 Å². The molecule has 1 aliphatic heterocycles. The number of carbonyl (C=O) groups is 1. The van der Waals surface area contributed by atoms with Gasteiger partial charge in [0.2, 0.25) is 5.96 Å². The summed E-state index contributed by atoms with van der Waals surface area (Å²) in [6, 6.07) is 6.75. The number of guanidine groups is 1. The van der Waals surface area contributed by atoms with Gasteiger partial charge in [-0.3, -0.25) is 10.2 Å². The standard InChI is InChI=1S/C18H23N5O2/c1-4-5-16-20-11(2)17-14(21-18(19)22-23(16)17)10-15(24)12-6-8-13(25-3)9-7-12/h6-9,14H,4-5,10H2,1-3H3,(H3,19,21,22). The van der Waals surface area contributed by atoms with Gasteiger partial charge in [-0.15, -0.1) is 0 Å². The molecule has 0 aliphatic carbocycles. The Bertz CT molecular complexity index is 808. The number of aryl methyl sites for hydroxylation is 2. The van der Waals surface area contributed by atoms with Crippen LogP contribution in [0, 0.1) is 6.92 Å². The molecule has 3 rings (SSSR count). The Morgan fingerprint density at radius 1 is 1.36 bits per heavy atom. The van der Waals surface area contributed by atoms with Gasteiger partial charge < -0.3 is 10.5 Å². The predicted octanol–water partition coefficient (Wildman–Crippen LogP) is 2.34. The van der Waals surface area contributed by atoms with E-state index in [9.17, 15) is 4.79 Å². The van der Waals surface area contributed by atoms with Crippen molar-refractivity contribution in [1.82, 2.24) is 9.66 Å². The van der Waals surface area contributed by atoms with Crippen LogP contribution in [0.1, 0.15) is 53.4 Å². The molecule has 7 nitrogen and oxygen atoms in total. The number of Topliss-reactive ketones (excluding diaryl/α,β-unsaturated/α-hetero) is 1. The molecule has 0 radical (unpaired) electrons. The second-order valence-corrected chi connectivity index (χ2v) is 6.08. The molecular formula is C18H23N5O2. The SMILES string of the molecule is CCCc1nc(C)c2n1NC(N)=NC2CC(=O)c1ccc(OC)cc1. The zero-order chi connectivity index (χ0) is 18.0. The van der Waals surface area contributed by atoms with Gasteiger partial charge in [0.25, 0.3) is 0 Å². The molecule has 0 bridgehead atoms. The molecule has 7 heteroatoms. The van der Waals surface area contributed by atoms with Gasteiger partial charge in [0.05, 0.1) is 18.5 Å². The second kappa shape index (κ2) is 6.96.